The van der Waals surface area contributed by atoms with Crippen LogP contribution in [0.4, 0.5) is 5.69 Å². The first-order chi connectivity index (χ1) is 12.1. The Morgan fingerprint density at radius 2 is 1.80 bits per heavy atom. The van der Waals surface area contributed by atoms with Crippen LogP contribution in [0.15, 0.2) is 36.4 Å². The number of halogens is 1. The van der Waals surface area contributed by atoms with E-state index in [0.717, 1.165) is 18.4 Å². The number of carbonyl (C=O) groups excluding carboxylic acids is 2. The Morgan fingerprint density at radius 1 is 1.04 bits per heavy atom. The monoisotopic (exact) mass is 356 g/mol. The van der Waals surface area contributed by atoms with Gasteiger partial charge in [-0.15, -0.1) is 0 Å². The minimum absolute atomic E-state index is 0.110. The molecule has 0 bridgehead atoms. The number of rotatable bonds is 4. The molecule has 2 N–H and O–H groups in total. The summed E-state index contributed by atoms with van der Waals surface area (Å²) in [6.07, 6.45) is 5.00. The number of anilines is 1. The van der Waals surface area contributed by atoms with Crippen LogP contribution < -0.4 is 10.6 Å². The standard InChI is InChI=1S/C20H21ClN2O2/c1-22-20(25)17-12-16(8-9-18(17)21)23-19(24)11-13-6-7-14-4-2-3-5-15(14)10-13/h6-10,12H,2-5,11H2,1H3,(H,22,25)(H,23,24). The predicted octanol–water partition coefficient (Wildman–Crippen LogP) is 3.76. The highest BCUT2D eigenvalue weighted by atomic mass is 35.5. The van der Waals surface area contributed by atoms with Gasteiger partial charge in [-0.1, -0.05) is 29.8 Å². The molecule has 1 aliphatic carbocycles. The minimum atomic E-state index is -0.282. The van der Waals surface area contributed by atoms with Crippen molar-refractivity contribution >= 4 is 29.1 Å². The van der Waals surface area contributed by atoms with Crippen molar-refractivity contribution in [1.82, 2.24) is 5.32 Å². The van der Waals surface area contributed by atoms with E-state index in [1.54, 1.807) is 25.2 Å². The molecule has 0 radical (unpaired) electrons. The van der Waals surface area contributed by atoms with Gasteiger partial charge < -0.3 is 10.6 Å². The van der Waals surface area contributed by atoms with Gasteiger partial charge in [0.25, 0.3) is 5.91 Å². The van der Waals surface area contributed by atoms with E-state index in [4.69, 9.17) is 11.6 Å². The van der Waals surface area contributed by atoms with E-state index in [0.29, 0.717) is 22.7 Å². The average Bonchev–Trinajstić information content (AvgIpc) is 2.62. The molecule has 130 valence electrons. The van der Waals surface area contributed by atoms with Crippen molar-refractivity contribution in [1.29, 1.82) is 0 Å². The van der Waals surface area contributed by atoms with Crippen molar-refractivity contribution in [3.63, 3.8) is 0 Å². The van der Waals surface area contributed by atoms with Gasteiger partial charge in [0.05, 0.1) is 17.0 Å². The van der Waals surface area contributed by atoms with Crippen LogP contribution in [0.3, 0.4) is 0 Å². The number of carbonyl (C=O) groups is 2. The van der Waals surface area contributed by atoms with Crippen molar-refractivity contribution < 1.29 is 9.59 Å². The number of hydrogen-bond donors (Lipinski definition) is 2. The molecule has 0 atom stereocenters. The highest BCUT2D eigenvalue weighted by Crippen LogP contribution is 2.23. The van der Waals surface area contributed by atoms with Gasteiger partial charge in [-0.05, 0) is 60.6 Å². The minimum Gasteiger partial charge on any atom is -0.355 e. The molecular formula is C20H21ClN2O2. The summed E-state index contributed by atoms with van der Waals surface area (Å²) >= 11 is 6.03. The van der Waals surface area contributed by atoms with Crippen LogP contribution in [-0.2, 0) is 24.1 Å². The van der Waals surface area contributed by atoms with Crippen LogP contribution in [0.1, 0.15) is 39.9 Å². The summed E-state index contributed by atoms with van der Waals surface area (Å²) in [4.78, 5) is 24.1. The molecule has 5 heteroatoms. The smallest absolute Gasteiger partial charge is 0.252 e. The molecule has 0 unspecified atom stereocenters. The molecule has 2 amide bonds. The lowest BCUT2D eigenvalue weighted by Gasteiger charge is -2.16. The van der Waals surface area contributed by atoms with Crippen LogP contribution in [0.25, 0.3) is 0 Å². The van der Waals surface area contributed by atoms with E-state index in [2.05, 4.69) is 22.8 Å². The highest BCUT2D eigenvalue weighted by molar-refractivity contribution is 6.34. The van der Waals surface area contributed by atoms with Crippen LogP contribution in [0, 0.1) is 0 Å². The third-order valence-electron chi connectivity index (χ3n) is 4.50. The third-order valence-corrected chi connectivity index (χ3v) is 4.83. The molecule has 4 nitrogen and oxygen atoms in total. The number of hydrogen-bond acceptors (Lipinski definition) is 2. The Balaban J connectivity index is 1.69. The Hall–Kier alpha value is -2.33. The fourth-order valence-corrected chi connectivity index (χ4v) is 3.40. The lowest BCUT2D eigenvalue weighted by atomic mass is 9.90. The molecule has 0 aliphatic heterocycles. The van der Waals surface area contributed by atoms with Gasteiger partial charge in [0, 0.05) is 12.7 Å². The summed E-state index contributed by atoms with van der Waals surface area (Å²) in [5.41, 5.74) is 4.69. The Kier molecular flexibility index (Phi) is 5.39. The lowest BCUT2D eigenvalue weighted by Crippen LogP contribution is -2.19. The Bertz CT molecular complexity index is 817. The van der Waals surface area contributed by atoms with E-state index >= 15 is 0 Å². The van der Waals surface area contributed by atoms with Gasteiger partial charge in [-0.25, -0.2) is 0 Å². The number of nitrogens with one attached hydrogen (secondary N) is 2. The Labute approximate surface area is 152 Å². The first-order valence-corrected chi connectivity index (χ1v) is 8.87. The van der Waals surface area contributed by atoms with E-state index in [-0.39, 0.29) is 11.8 Å². The first-order valence-electron chi connectivity index (χ1n) is 8.49. The molecule has 0 saturated heterocycles. The van der Waals surface area contributed by atoms with Gasteiger partial charge in [-0.3, -0.25) is 9.59 Å². The number of aryl methyl sites for hydroxylation is 2. The summed E-state index contributed by atoms with van der Waals surface area (Å²) in [5, 5.41) is 5.73. The van der Waals surface area contributed by atoms with Crippen molar-refractivity contribution in [2.45, 2.75) is 32.1 Å². The maximum Gasteiger partial charge on any atom is 0.252 e. The normalized spacial score (nSPS) is 13.0. The summed E-state index contributed by atoms with van der Waals surface area (Å²) in [5.74, 6) is -0.392. The fourth-order valence-electron chi connectivity index (χ4n) is 3.20. The highest BCUT2D eigenvalue weighted by Gasteiger charge is 2.13. The molecule has 0 aromatic heterocycles. The second kappa shape index (κ2) is 7.70. The fraction of sp³-hybridized carbons (Fsp3) is 0.300. The molecule has 2 aromatic carbocycles. The maximum absolute atomic E-state index is 12.3. The molecule has 25 heavy (non-hydrogen) atoms. The second-order valence-corrected chi connectivity index (χ2v) is 6.72. The first kappa shape index (κ1) is 17.5. The predicted molar refractivity (Wildman–Crippen MR) is 100 cm³/mol. The van der Waals surface area contributed by atoms with Crippen LogP contribution in [-0.4, -0.2) is 18.9 Å². The zero-order valence-corrected chi connectivity index (χ0v) is 15.0. The number of benzene rings is 2. The molecular weight excluding hydrogens is 336 g/mol. The van der Waals surface area contributed by atoms with Crippen LogP contribution >= 0.6 is 11.6 Å². The zero-order chi connectivity index (χ0) is 17.8. The summed E-state index contributed by atoms with van der Waals surface area (Å²) < 4.78 is 0. The lowest BCUT2D eigenvalue weighted by molar-refractivity contribution is -0.115. The zero-order valence-electron chi connectivity index (χ0n) is 14.2. The summed E-state index contributed by atoms with van der Waals surface area (Å²) in [6, 6.07) is 11.2. The van der Waals surface area contributed by atoms with Gasteiger partial charge in [0.2, 0.25) is 5.91 Å². The summed E-state index contributed by atoms with van der Waals surface area (Å²) in [6.45, 7) is 0. The quantitative estimate of drug-likeness (QED) is 0.876. The van der Waals surface area contributed by atoms with Gasteiger partial charge in [0.1, 0.15) is 0 Å². The van der Waals surface area contributed by atoms with E-state index in [9.17, 15) is 9.59 Å². The van der Waals surface area contributed by atoms with Crippen molar-refractivity contribution in [3.05, 3.63) is 63.7 Å². The molecule has 2 aromatic rings. The number of fused-ring (bicyclic) bond motifs is 1. The number of amides is 2. The van der Waals surface area contributed by atoms with E-state index in [1.165, 1.54) is 24.0 Å². The largest absolute Gasteiger partial charge is 0.355 e. The average molecular weight is 357 g/mol. The third kappa shape index (κ3) is 4.20. The van der Waals surface area contributed by atoms with Crippen molar-refractivity contribution in [2.24, 2.45) is 0 Å². The van der Waals surface area contributed by atoms with Gasteiger partial charge >= 0.3 is 0 Å². The van der Waals surface area contributed by atoms with Gasteiger partial charge in [0.15, 0.2) is 0 Å². The maximum atomic E-state index is 12.3. The SMILES string of the molecule is CNC(=O)c1cc(NC(=O)Cc2ccc3c(c2)CCCC3)ccc1Cl. The molecule has 0 saturated carbocycles. The van der Waals surface area contributed by atoms with Crippen molar-refractivity contribution in [3.8, 4) is 0 Å². The molecule has 1 aliphatic rings. The van der Waals surface area contributed by atoms with Crippen LogP contribution in [0.2, 0.25) is 5.02 Å². The van der Waals surface area contributed by atoms with Crippen molar-refractivity contribution in [2.75, 3.05) is 12.4 Å². The van der Waals surface area contributed by atoms with Crippen LogP contribution in [0.5, 0.6) is 0 Å². The molecule has 0 fully saturated rings. The van der Waals surface area contributed by atoms with E-state index < -0.39 is 0 Å². The van der Waals surface area contributed by atoms with Gasteiger partial charge in [-0.2, -0.15) is 0 Å². The molecule has 3 rings (SSSR count). The Morgan fingerprint density at radius 3 is 2.56 bits per heavy atom. The second-order valence-electron chi connectivity index (χ2n) is 6.31. The molecule has 0 spiro atoms. The summed E-state index contributed by atoms with van der Waals surface area (Å²) in [7, 11) is 1.54. The molecule has 0 heterocycles. The van der Waals surface area contributed by atoms with E-state index in [1.807, 2.05) is 6.07 Å². The topological polar surface area (TPSA) is 58.2 Å².